The second kappa shape index (κ2) is 6.54. The lowest BCUT2D eigenvalue weighted by Crippen LogP contribution is -2.41. The molecule has 0 fully saturated rings. The molecule has 0 aliphatic heterocycles. The van der Waals surface area contributed by atoms with Crippen molar-refractivity contribution in [2.24, 2.45) is 0 Å². The summed E-state index contributed by atoms with van der Waals surface area (Å²) in [6.45, 7) is 3.51. The predicted molar refractivity (Wildman–Crippen MR) is 85.3 cm³/mol. The molecule has 0 bridgehead atoms. The van der Waals surface area contributed by atoms with Gasteiger partial charge in [0, 0.05) is 18.8 Å². The molecule has 0 spiro atoms. The number of rotatable bonds is 3. The number of thiazole rings is 1. The fourth-order valence-corrected chi connectivity index (χ4v) is 2.78. The third kappa shape index (κ3) is 3.40. The topological polar surface area (TPSA) is 58.1 Å². The molecule has 2 aromatic rings. The second-order valence-electron chi connectivity index (χ2n) is 4.70. The van der Waals surface area contributed by atoms with Crippen LogP contribution >= 0.6 is 11.3 Å². The Balaban J connectivity index is 2.26. The summed E-state index contributed by atoms with van der Waals surface area (Å²) in [7, 11) is 1.63. The molecule has 2 rings (SSSR count). The van der Waals surface area contributed by atoms with Crippen LogP contribution in [0, 0.1) is 25.1 Å². The van der Waals surface area contributed by atoms with Crippen molar-refractivity contribution in [2.75, 3.05) is 11.9 Å². The first-order chi connectivity index (χ1) is 10.4. The van der Waals surface area contributed by atoms with Gasteiger partial charge in [0.2, 0.25) is 0 Å². The molecule has 0 saturated heterocycles. The van der Waals surface area contributed by atoms with Crippen LogP contribution in [0.25, 0.3) is 10.6 Å². The van der Waals surface area contributed by atoms with Crippen molar-refractivity contribution in [2.45, 2.75) is 19.9 Å². The summed E-state index contributed by atoms with van der Waals surface area (Å²) in [6.07, 6.45) is 7.91. The van der Waals surface area contributed by atoms with Gasteiger partial charge in [0.25, 0.3) is 0 Å². The normalized spacial score (nSPS) is 11.6. The molecular formula is C15H15FN4OS. The number of pyridine rings is 1. The lowest BCUT2D eigenvalue weighted by molar-refractivity contribution is 0.246. The van der Waals surface area contributed by atoms with Gasteiger partial charge in [-0.25, -0.2) is 14.2 Å². The molecule has 22 heavy (non-hydrogen) atoms. The number of hydrogen-bond acceptors (Lipinski definition) is 4. The molecule has 1 N–H and O–H groups in total. The van der Waals surface area contributed by atoms with Crippen molar-refractivity contribution in [1.82, 2.24) is 15.3 Å². The van der Waals surface area contributed by atoms with Crippen molar-refractivity contribution in [3.8, 4) is 22.9 Å². The van der Waals surface area contributed by atoms with Gasteiger partial charge in [-0.3, -0.25) is 9.88 Å². The van der Waals surface area contributed by atoms with Gasteiger partial charge in [-0.05, 0) is 19.9 Å². The summed E-state index contributed by atoms with van der Waals surface area (Å²) in [5.41, 5.74) is 1.25. The number of carbonyl (C=O) groups excluding carboxylic acids is 1. The number of terminal acetylenes is 1. The van der Waals surface area contributed by atoms with Crippen LogP contribution in [0.1, 0.15) is 12.6 Å². The Kier molecular flexibility index (Phi) is 4.73. The molecule has 0 aliphatic carbocycles. The average Bonchev–Trinajstić information content (AvgIpc) is 2.88. The molecule has 1 atom stereocenters. The Bertz CT molecular complexity index is 737. The first kappa shape index (κ1) is 15.9. The third-order valence-corrected chi connectivity index (χ3v) is 4.21. The zero-order chi connectivity index (χ0) is 16.3. The molecule has 114 valence electrons. The standard InChI is InChI=1S/C15H15FN4OS/c1-5-9(2)18-15(21)20(4)14-10(3)19-13(22-14)11-6-12(16)8-17-7-11/h1,6-9H,2-4H3,(H,18,21). The Morgan fingerprint density at radius 1 is 1.55 bits per heavy atom. The highest BCUT2D eigenvalue weighted by Crippen LogP contribution is 2.33. The van der Waals surface area contributed by atoms with E-state index in [0.717, 1.165) is 6.20 Å². The van der Waals surface area contributed by atoms with Gasteiger partial charge < -0.3 is 5.32 Å². The minimum atomic E-state index is -0.430. The Hall–Kier alpha value is -2.46. The summed E-state index contributed by atoms with van der Waals surface area (Å²) in [5, 5.41) is 3.94. The van der Waals surface area contributed by atoms with Crippen LogP contribution in [0.3, 0.4) is 0 Å². The zero-order valence-corrected chi connectivity index (χ0v) is 13.2. The van der Waals surface area contributed by atoms with Crippen LogP contribution in [-0.4, -0.2) is 29.1 Å². The first-order valence-corrected chi connectivity index (χ1v) is 7.32. The van der Waals surface area contributed by atoms with Gasteiger partial charge >= 0.3 is 6.03 Å². The lowest BCUT2D eigenvalue weighted by atomic mass is 10.3. The highest BCUT2D eigenvalue weighted by molar-refractivity contribution is 7.19. The minimum Gasteiger partial charge on any atom is -0.324 e. The maximum atomic E-state index is 13.3. The van der Waals surface area contributed by atoms with E-state index in [1.165, 1.54) is 28.5 Å². The third-order valence-electron chi connectivity index (χ3n) is 2.92. The highest BCUT2D eigenvalue weighted by atomic mass is 32.1. The summed E-state index contributed by atoms with van der Waals surface area (Å²) in [6, 6.07) is 0.673. The fraction of sp³-hybridized carbons (Fsp3) is 0.267. The lowest BCUT2D eigenvalue weighted by Gasteiger charge is -2.18. The predicted octanol–water partition coefficient (Wildman–Crippen LogP) is 2.82. The molecular weight excluding hydrogens is 303 g/mol. The molecule has 0 aromatic carbocycles. The van der Waals surface area contributed by atoms with E-state index in [-0.39, 0.29) is 12.1 Å². The molecule has 2 heterocycles. The number of halogens is 1. The number of carbonyl (C=O) groups is 1. The molecule has 0 radical (unpaired) electrons. The largest absolute Gasteiger partial charge is 0.324 e. The van der Waals surface area contributed by atoms with Gasteiger partial charge in [0.1, 0.15) is 15.8 Å². The molecule has 7 heteroatoms. The Labute approximate surface area is 132 Å². The van der Waals surface area contributed by atoms with E-state index >= 15 is 0 Å². The van der Waals surface area contributed by atoms with Gasteiger partial charge in [-0.15, -0.1) is 6.42 Å². The van der Waals surface area contributed by atoms with Crippen LogP contribution in [0.2, 0.25) is 0 Å². The highest BCUT2D eigenvalue weighted by Gasteiger charge is 2.19. The van der Waals surface area contributed by atoms with E-state index in [1.54, 1.807) is 20.9 Å². The SMILES string of the molecule is C#CC(C)NC(=O)N(C)c1sc(-c2cncc(F)c2)nc1C. The number of nitrogens with zero attached hydrogens (tertiary/aromatic N) is 3. The number of hydrogen-bond donors (Lipinski definition) is 1. The van der Waals surface area contributed by atoms with Crippen molar-refractivity contribution in [3.05, 3.63) is 30.0 Å². The van der Waals surface area contributed by atoms with Gasteiger partial charge in [-0.2, -0.15) is 0 Å². The quantitative estimate of drug-likeness (QED) is 0.885. The van der Waals surface area contributed by atoms with Crippen molar-refractivity contribution in [3.63, 3.8) is 0 Å². The maximum absolute atomic E-state index is 13.3. The smallest absolute Gasteiger partial charge is 0.323 e. The van der Waals surface area contributed by atoms with E-state index in [9.17, 15) is 9.18 Å². The maximum Gasteiger partial charge on any atom is 0.323 e. The van der Waals surface area contributed by atoms with Crippen LogP contribution in [0.4, 0.5) is 14.2 Å². The molecule has 5 nitrogen and oxygen atoms in total. The molecule has 1 unspecified atom stereocenters. The summed E-state index contributed by atoms with van der Waals surface area (Å²) >= 11 is 1.29. The fourth-order valence-electron chi connectivity index (χ4n) is 1.77. The molecule has 0 saturated carbocycles. The Morgan fingerprint density at radius 2 is 2.27 bits per heavy atom. The number of urea groups is 1. The van der Waals surface area contributed by atoms with Crippen LogP contribution in [0.5, 0.6) is 0 Å². The monoisotopic (exact) mass is 318 g/mol. The van der Waals surface area contributed by atoms with E-state index in [0.29, 0.717) is 21.3 Å². The van der Waals surface area contributed by atoms with Crippen LogP contribution in [0.15, 0.2) is 18.5 Å². The summed E-state index contributed by atoms with van der Waals surface area (Å²) < 4.78 is 13.3. The van der Waals surface area contributed by atoms with Gasteiger partial charge in [-0.1, -0.05) is 17.3 Å². The first-order valence-electron chi connectivity index (χ1n) is 6.51. The summed E-state index contributed by atoms with van der Waals surface area (Å²) in [5.74, 6) is 2.00. The molecule has 0 aliphatic rings. The zero-order valence-electron chi connectivity index (χ0n) is 12.4. The van der Waals surface area contributed by atoms with Crippen molar-refractivity contribution in [1.29, 1.82) is 0 Å². The minimum absolute atomic E-state index is 0.318. The molecule has 2 amide bonds. The van der Waals surface area contributed by atoms with E-state index in [4.69, 9.17) is 6.42 Å². The van der Waals surface area contributed by atoms with Gasteiger partial charge in [0.15, 0.2) is 0 Å². The van der Waals surface area contributed by atoms with E-state index < -0.39 is 5.82 Å². The van der Waals surface area contributed by atoms with Crippen molar-refractivity contribution >= 4 is 22.4 Å². The van der Waals surface area contributed by atoms with Crippen LogP contribution in [-0.2, 0) is 0 Å². The number of anilines is 1. The second-order valence-corrected chi connectivity index (χ2v) is 5.68. The van der Waals surface area contributed by atoms with Crippen LogP contribution < -0.4 is 10.2 Å². The molecule has 2 aromatic heterocycles. The number of nitrogens with one attached hydrogen (secondary N) is 1. The Morgan fingerprint density at radius 3 is 2.91 bits per heavy atom. The number of amides is 2. The number of aryl methyl sites for hydroxylation is 1. The van der Waals surface area contributed by atoms with Gasteiger partial charge in [0.05, 0.1) is 17.9 Å². The van der Waals surface area contributed by atoms with Crippen molar-refractivity contribution < 1.29 is 9.18 Å². The average molecular weight is 318 g/mol. The van der Waals surface area contributed by atoms with E-state index in [1.807, 2.05) is 0 Å². The number of aromatic nitrogens is 2. The summed E-state index contributed by atoms with van der Waals surface area (Å²) in [4.78, 5) is 21.7. The van der Waals surface area contributed by atoms with E-state index in [2.05, 4.69) is 21.2 Å².